The zero-order valence-electron chi connectivity index (χ0n) is 14.5. The van der Waals surface area contributed by atoms with Crippen molar-refractivity contribution in [3.8, 4) is 0 Å². The lowest BCUT2D eigenvalue weighted by atomic mass is 10.1. The van der Waals surface area contributed by atoms with Crippen LogP contribution in [0.5, 0.6) is 0 Å². The topological polar surface area (TPSA) is 107 Å². The first-order valence-corrected chi connectivity index (χ1v) is 8.08. The monoisotopic (exact) mass is 365 g/mol. The third kappa shape index (κ3) is 4.42. The van der Waals surface area contributed by atoms with Gasteiger partial charge in [-0.15, -0.1) is 0 Å². The van der Waals surface area contributed by atoms with Crippen molar-refractivity contribution < 1.29 is 28.7 Å². The summed E-state index contributed by atoms with van der Waals surface area (Å²) in [5.41, 5.74) is -0.0432. The molecule has 1 fully saturated rings. The Morgan fingerprint density at radius 1 is 1.12 bits per heavy atom. The number of piperazine rings is 1. The Balaban J connectivity index is 1.97. The molecular weight excluding hydrogens is 345 g/mol. The number of hydrogen-bond donors (Lipinski definition) is 2. The molecule has 0 bridgehead atoms. The second kappa shape index (κ2) is 8.05. The van der Waals surface area contributed by atoms with Crippen molar-refractivity contribution in [2.24, 2.45) is 0 Å². The van der Waals surface area contributed by atoms with Crippen LogP contribution in [-0.2, 0) is 14.4 Å². The second-order valence-corrected chi connectivity index (χ2v) is 6.00. The van der Waals surface area contributed by atoms with Crippen LogP contribution in [0, 0.1) is 5.82 Å². The first kappa shape index (κ1) is 19.5. The molecule has 3 amide bonds. The highest BCUT2D eigenvalue weighted by molar-refractivity contribution is 6.39. The van der Waals surface area contributed by atoms with Gasteiger partial charge in [0.2, 0.25) is 0 Å². The van der Waals surface area contributed by atoms with Crippen molar-refractivity contribution >= 4 is 29.2 Å². The Bertz CT molecular complexity index is 742. The maximum absolute atomic E-state index is 13.5. The maximum atomic E-state index is 13.5. The highest BCUT2D eigenvalue weighted by atomic mass is 19.1. The Morgan fingerprint density at radius 2 is 1.69 bits per heavy atom. The zero-order chi connectivity index (χ0) is 19.4. The number of nitrogens with zero attached hydrogens (tertiary/aromatic N) is 2. The Labute approximate surface area is 149 Å². The highest BCUT2D eigenvalue weighted by Gasteiger charge is 2.29. The average molecular weight is 365 g/mol. The molecule has 1 aliphatic heterocycles. The molecule has 1 saturated heterocycles. The number of halogens is 1. The van der Waals surface area contributed by atoms with Gasteiger partial charge in [-0.05, 0) is 32.0 Å². The summed E-state index contributed by atoms with van der Waals surface area (Å²) in [6.07, 6.45) is -1.12. The predicted octanol–water partition coefficient (Wildman–Crippen LogP) is 0.0184. The average Bonchev–Trinajstić information content (AvgIpc) is 2.61. The summed E-state index contributed by atoms with van der Waals surface area (Å²) in [4.78, 5) is 50.1. The van der Waals surface area contributed by atoms with Gasteiger partial charge in [0.05, 0.1) is 5.56 Å². The fraction of sp³-hybridized carbons (Fsp3) is 0.412. The van der Waals surface area contributed by atoms with Gasteiger partial charge < -0.3 is 20.2 Å². The smallest absolute Gasteiger partial charge is 0.313 e. The van der Waals surface area contributed by atoms with Crippen molar-refractivity contribution in [1.82, 2.24) is 9.80 Å². The molecule has 1 aromatic carbocycles. The lowest BCUT2D eigenvalue weighted by Crippen LogP contribution is -2.54. The van der Waals surface area contributed by atoms with Crippen LogP contribution in [0.25, 0.3) is 0 Å². The van der Waals surface area contributed by atoms with Crippen LogP contribution in [-0.4, -0.2) is 70.7 Å². The normalized spacial score (nSPS) is 15.4. The van der Waals surface area contributed by atoms with Crippen LogP contribution in [0.2, 0.25) is 0 Å². The summed E-state index contributed by atoms with van der Waals surface area (Å²) >= 11 is 0. The number of rotatable bonds is 3. The van der Waals surface area contributed by atoms with E-state index in [-0.39, 0.29) is 37.4 Å². The fourth-order valence-electron chi connectivity index (χ4n) is 2.60. The number of nitrogens with one attached hydrogen (secondary N) is 1. The number of ketones is 1. The van der Waals surface area contributed by atoms with E-state index in [0.29, 0.717) is 0 Å². The highest BCUT2D eigenvalue weighted by Crippen LogP contribution is 2.16. The van der Waals surface area contributed by atoms with Crippen molar-refractivity contribution in [2.45, 2.75) is 20.0 Å². The van der Waals surface area contributed by atoms with Gasteiger partial charge in [0.15, 0.2) is 5.78 Å². The first-order valence-electron chi connectivity index (χ1n) is 8.08. The third-order valence-corrected chi connectivity index (χ3v) is 4.03. The van der Waals surface area contributed by atoms with Gasteiger partial charge in [-0.1, -0.05) is 0 Å². The van der Waals surface area contributed by atoms with E-state index in [1.165, 1.54) is 35.8 Å². The fourth-order valence-corrected chi connectivity index (χ4v) is 2.60. The van der Waals surface area contributed by atoms with Gasteiger partial charge in [0.1, 0.15) is 11.9 Å². The quantitative estimate of drug-likeness (QED) is 0.580. The second-order valence-electron chi connectivity index (χ2n) is 6.00. The lowest BCUT2D eigenvalue weighted by Gasteiger charge is -2.34. The minimum atomic E-state index is -1.12. The van der Waals surface area contributed by atoms with Crippen LogP contribution in [0.15, 0.2) is 18.2 Å². The molecule has 0 aromatic heterocycles. The SMILES string of the molecule is CC(=O)c1cc(NC(=O)C(=O)N2CCN(C(=O)C(C)O)CC2)ccc1F. The van der Waals surface area contributed by atoms with Crippen molar-refractivity contribution in [2.75, 3.05) is 31.5 Å². The van der Waals surface area contributed by atoms with Crippen LogP contribution < -0.4 is 5.32 Å². The number of amides is 3. The van der Waals surface area contributed by atoms with Gasteiger partial charge in [-0.3, -0.25) is 19.2 Å². The summed E-state index contributed by atoms with van der Waals surface area (Å²) in [6, 6.07) is 3.46. The van der Waals surface area contributed by atoms with Crippen LogP contribution in [0.1, 0.15) is 24.2 Å². The molecule has 8 nitrogen and oxygen atoms in total. The summed E-state index contributed by atoms with van der Waals surface area (Å²) in [5.74, 6) is -3.33. The molecule has 0 radical (unpaired) electrons. The minimum absolute atomic E-state index is 0.137. The van der Waals surface area contributed by atoms with Crippen LogP contribution in [0.3, 0.4) is 0 Å². The van der Waals surface area contributed by atoms with Gasteiger partial charge in [-0.25, -0.2) is 4.39 Å². The number of benzene rings is 1. The summed E-state index contributed by atoms with van der Waals surface area (Å²) < 4.78 is 13.5. The van der Waals surface area contributed by atoms with Crippen LogP contribution >= 0.6 is 0 Å². The molecule has 1 unspecified atom stereocenters. The molecule has 140 valence electrons. The van der Waals surface area contributed by atoms with Gasteiger partial charge >= 0.3 is 11.8 Å². The number of carbonyl (C=O) groups is 4. The zero-order valence-corrected chi connectivity index (χ0v) is 14.5. The number of carbonyl (C=O) groups excluding carboxylic acids is 4. The van der Waals surface area contributed by atoms with Crippen LogP contribution in [0.4, 0.5) is 10.1 Å². The maximum Gasteiger partial charge on any atom is 0.313 e. The summed E-state index contributed by atoms with van der Waals surface area (Å²) in [7, 11) is 0. The molecule has 1 atom stereocenters. The molecule has 2 rings (SSSR count). The number of Topliss-reactive ketones (excluding diaryl/α,β-unsaturated/α-hetero) is 1. The van der Waals surface area contributed by atoms with E-state index in [4.69, 9.17) is 0 Å². The molecule has 0 aliphatic carbocycles. The van der Waals surface area contributed by atoms with Crippen molar-refractivity contribution in [3.63, 3.8) is 0 Å². The van der Waals surface area contributed by atoms with E-state index in [9.17, 15) is 28.7 Å². The van der Waals surface area contributed by atoms with Gasteiger partial charge in [-0.2, -0.15) is 0 Å². The van der Waals surface area contributed by atoms with Crippen molar-refractivity contribution in [3.05, 3.63) is 29.6 Å². The molecule has 9 heteroatoms. The summed E-state index contributed by atoms with van der Waals surface area (Å²) in [6.45, 7) is 3.32. The minimum Gasteiger partial charge on any atom is -0.384 e. The van der Waals surface area contributed by atoms with E-state index in [1.807, 2.05) is 0 Å². The number of aliphatic hydroxyl groups is 1. The first-order chi connectivity index (χ1) is 12.2. The molecular formula is C17H20FN3O5. The standard InChI is InChI=1S/C17H20FN3O5/c1-10(22)13-9-12(3-4-14(13)18)19-15(24)17(26)21-7-5-20(6-8-21)16(25)11(2)23/h3-4,9,11,23H,5-8H2,1-2H3,(H,19,24). The summed E-state index contributed by atoms with van der Waals surface area (Å²) in [5, 5.41) is 11.6. The molecule has 2 N–H and O–H groups in total. The van der Waals surface area contributed by atoms with E-state index >= 15 is 0 Å². The molecule has 1 aromatic rings. The number of aliphatic hydroxyl groups excluding tert-OH is 1. The molecule has 0 spiro atoms. The Morgan fingerprint density at radius 3 is 2.23 bits per heavy atom. The van der Waals surface area contributed by atoms with E-state index in [2.05, 4.69) is 5.32 Å². The number of anilines is 1. The largest absolute Gasteiger partial charge is 0.384 e. The van der Waals surface area contributed by atoms with E-state index in [1.54, 1.807) is 0 Å². The van der Waals surface area contributed by atoms with E-state index in [0.717, 1.165) is 6.07 Å². The van der Waals surface area contributed by atoms with E-state index < -0.39 is 35.4 Å². The predicted molar refractivity (Wildman–Crippen MR) is 89.9 cm³/mol. The molecule has 1 aliphatic rings. The van der Waals surface area contributed by atoms with Gasteiger partial charge in [0.25, 0.3) is 5.91 Å². The third-order valence-electron chi connectivity index (χ3n) is 4.03. The molecule has 26 heavy (non-hydrogen) atoms. The molecule has 1 heterocycles. The lowest BCUT2D eigenvalue weighted by molar-refractivity contribution is -0.148. The molecule has 0 saturated carbocycles. The Kier molecular flexibility index (Phi) is 6.04. The number of hydrogen-bond acceptors (Lipinski definition) is 5. The Hall–Kier alpha value is -2.81. The van der Waals surface area contributed by atoms with Gasteiger partial charge in [0, 0.05) is 31.9 Å². The van der Waals surface area contributed by atoms with Crippen molar-refractivity contribution in [1.29, 1.82) is 0 Å².